The van der Waals surface area contributed by atoms with E-state index in [2.05, 4.69) is 32.7 Å². The van der Waals surface area contributed by atoms with E-state index >= 15 is 0 Å². The van der Waals surface area contributed by atoms with Crippen molar-refractivity contribution in [3.63, 3.8) is 0 Å². The first-order valence-electron chi connectivity index (χ1n) is 14.4. The highest BCUT2D eigenvalue weighted by molar-refractivity contribution is 7.99. The third-order valence-corrected chi connectivity index (χ3v) is 9.23. The molecule has 3 aliphatic rings. The minimum absolute atomic E-state index is 0.261. The Kier molecular flexibility index (Phi) is 9.42. The Labute approximate surface area is 235 Å². The van der Waals surface area contributed by atoms with Crippen LogP contribution in [0, 0.1) is 0 Å². The van der Waals surface area contributed by atoms with E-state index in [0.717, 1.165) is 87.8 Å². The summed E-state index contributed by atoms with van der Waals surface area (Å²) < 4.78 is 5.55. The highest BCUT2D eigenvalue weighted by Crippen LogP contribution is 2.32. The number of benzene rings is 1. The van der Waals surface area contributed by atoms with E-state index in [0.29, 0.717) is 18.1 Å². The molecule has 3 fully saturated rings. The Bertz CT molecular complexity index is 1100. The number of hydrogen-bond acceptors (Lipinski definition) is 6. The number of urea groups is 1. The summed E-state index contributed by atoms with van der Waals surface area (Å²) in [4.78, 5) is 37.2. The molecule has 39 heavy (non-hydrogen) atoms. The second-order valence-corrected chi connectivity index (χ2v) is 12.0. The summed E-state index contributed by atoms with van der Waals surface area (Å²) in [6, 6.07) is 12.3. The summed E-state index contributed by atoms with van der Waals surface area (Å²) >= 11 is 1.53. The summed E-state index contributed by atoms with van der Waals surface area (Å²) in [5.74, 6) is -0.918. The van der Waals surface area contributed by atoms with Crippen molar-refractivity contribution >= 4 is 23.8 Å². The number of carbonyl (C=O) groups is 2. The number of carboxylic acid groups (broad SMARTS) is 1. The number of ether oxygens (including phenoxy) is 1. The van der Waals surface area contributed by atoms with Crippen LogP contribution in [0.25, 0.3) is 0 Å². The molecule has 8 nitrogen and oxygen atoms in total. The molecule has 5 rings (SSSR count). The molecule has 2 amide bonds. The second-order valence-electron chi connectivity index (χ2n) is 10.9. The number of carbonyl (C=O) groups excluding carboxylic acids is 1. The van der Waals surface area contributed by atoms with Gasteiger partial charge in [-0.1, -0.05) is 37.6 Å². The van der Waals surface area contributed by atoms with Crippen LogP contribution in [0.5, 0.6) is 0 Å². The number of rotatable bonds is 10. The van der Waals surface area contributed by atoms with Gasteiger partial charge >= 0.3 is 12.0 Å². The van der Waals surface area contributed by atoms with Crippen LogP contribution in [0.1, 0.15) is 67.8 Å². The van der Waals surface area contributed by atoms with Crippen LogP contribution in [-0.2, 0) is 11.3 Å². The van der Waals surface area contributed by atoms with Gasteiger partial charge in [0.05, 0.1) is 11.6 Å². The number of likely N-dealkylation sites (tertiary alicyclic amines) is 1. The molecule has 1 aromatic carbocycles. The third kappa shape index (κ3) is 6.94. The first-order chi connectivity index (χ1) is 19.0. The Hall–Kier alpha value is -2.62. The van der Waals surface area contributed by atoms with Crippen molar-refractivity contribution in [2.75, 3.05) is 32.8 Å². The zero-order valence-corrected chi connectivity index (χ0v) is 23.7. The van der Waals surface area contributed by atoms with Crippen LogP contribution >= 0.6 is 11.8 Å². The predicted octanol–water partition coefficient (Wildman–Crippen LogP) is 5.37. The van der Waals surface area contributed by atoms with Gasteiger partial charge in [0.1, 0.15) is 5.03 Å². The van der Waals surface area contributed by atoms with Crippen LogP contribution in [-0.4, -0.2) is 87.8 Å². The van der Waals surface area contributed by atoms with Crippen molar-refractivity contribution < 1.29 is 19.4 Å². The van der Waals surface area contributed by atoms with Gasteiger partial charge in [0.2, 0.25) is 0 Å². The van der Waals surface area contributed by atoms with Crippen LogP contribution in [0.4, 0.5) is 4.79 Å². The lowest BCUT2D eigenvalue weighted by molar-refractivity contribution is 0.0493. The molecule has 1 unspecified atom stereocenters. The molecule has 4 heterocycles. The first-order valence-corrected chi connectivity index (χ1v) is 15.2. The van der Waals surface area contributed by atoms with Crippen LogP contribution < -0.4 is 0 Å². The van der Waals surface area contributed by atoms with Crippen LogP contribution in [0.2, 0.25) is 0 Å². The minimum atomic E-state index is -0.918. The molecule has 0 aliphatic carbocycles. The molecule has 0 saturated carbocycles. The quantitative estimate of drug-likeness (QED) is 0.424. The van der Waals surface area contributed by atoms with Crippen molar-refractivity contribution in [2.45, 2.75) is 86.5 Å². The maximum absolute atomic E-state index is 13.6. The fourth-order valence-corrected chi connectivity index (χ4v) is 6.84. The Morgan fingerprint density at radius 3 is 2.44 bits per heavy atom. The zero-order valence-electron chi connectivity index (χ0n) is 22.8. The van der Waals surface area contributed by atoms with Gasteiger partial charge in [-0.3, -0.25) is 4.90 Å². The fraction of sp³-hybridized carbons (Fsp3) is 0.567. The van der Waals surface area contributed by atoms with Gasteiger partial charge in [-0.15, -0.1) is 0 Å². The van der Waals surface area contributed by atoms with E-state index in [1.165, 1.54) is 23.7 Å². The molecule has 1 atom stereocenters. The van der Waals surface area contributed by atoms with Crippen molar-refractivity contribution in [3.8, 4) is 0 Å². The number of amides is 2. The lowest BCUT2D eigenvalue weighted by Crippen LogP contribution is -2.50. The third-order valence-electron chi connectivity index (χ3n) is 8.27. The Balaban J connectivity index is 1.13. The van der Waals surface area contributed by atoms with Crippen molar-refractivity contribution in [2.24, 2.45) is 0 Å². The Morgan fingerprint density at radius 1 is 1.05 bits per heavy atom. The normalized spacial score (nSPS) is 21.6. The van der Waals surface area contributed by atoms with Crippen molar-refractivity contribution in [3.05, 3.63) is 53.7 Å². The average molecular weight is 553 g/mol. The van der Waals surface area contributed by atoms with Crippen molar-refractivity contribution in [1.82, 2.24) is 19.7 Å². The smallest absolute Gasteiger partial charge is 0.335 e. The fourth-order valence-electron chi connectivity index (χ4n) is 6.09. The largest absolute Gasteiger partial charge is 0.478 e. The van der Waals surface area contributed by atoms with E-state index in [9.17, 15) is 9.59 Å². The number of unbranched alkanes of at least 4 members (excludes halogenated alkanes) is 1. The van der Waals surface area contributed by atoms with E-state index in [1.807, 2.05) is 24.4 Å². The lowest BCUT2D eigenvalue weighted by Gasteiger charge is -2.39. The molecule has 3 saturated heterocycles. The number of aromatic carboxylic acids is 1. The van der Waals surface area contributed by atoms with Gasteiger partial charge < -0.3 is 19.6 Å². The van der Waals surface area contributed by atoms with Gasteiger partial charge in [0, 0.05) is 62.6 Å². The molecule has 2 aromatic rings. The molecule has 0 radical (unpaired) electrons. The number of carboxylic acids is 1. The summed E-state index contributed by atoms with van der Waals surface area (Å²) in [6.45, 7) is 7.47. The van der Waals surface area contributed by atoms with E-state index < -0.39 is 5.97 Å². The summed E-state index contributed by atoms with van der Waals surface area (Å²) in [5, 5.41) is 9.96. The summed E-state index contributed by atoms with van der Waals surface area (Å²) in [5.41, 5.74) is 1.47. The van der Waals surface area contributed by atoms with Crippen LogP contribution in [0.15, 0.2) is 52.5 Å². The number of piperidine rings is 1. The number of hydrogen-bond donors (Lipinski definition) is 1. The molecule has 1 N–H and O–H groups in total. The Morgan fingerprint density at radius 2 is 1.79 bits per heavy atom. The van der Waals surface area contributed by atoms with E-state index in [-0.39, 0.29) is 11.6 Å². The maximum Gasteiger partial charge on any atom is 0.335 e. The van der Waals surface area contributed by atoms with Crippen molar-refractivity contribution in [1.29, 1.82) is 0 Å². The average Bonchev–Trinajstić information content (AvgIpc) is 3.30. The minimum Gasteiger partial charge on any atom is -0.478 e. The second kappa shape index (κ2) is 13.2. The first kappa shape index (κ1) is 27.9. The lowest BCUT2D eigenvalue weighted by atomic mass is 10.00. The topological polar surface area (TPSA) is 86.2 Å². The molecule has 0 spiro atoms. The van der Waals surface area contributed by atoms with E-state index in [1.54, 1.807) is 12.1 Å². The monoisotopic (exact) mass is 552 g/mol. The van der Waals surface area contributed by atoms with Gasteiger partial charge in [-0.25, -0.2) is 14.6 Å². The van der Waals surface area contributed by atoms with Gasteiger partial charge in [0.25, 0.3) is 0 Å². The predicted molar refractivity (Wildman–Crippen MR) is 151 cm³/mol. The molecule has 210 valence electrons. The highest BCUT2D eigenvalue weighted by Gasteiger charge is 2.44. The standard InChI is InChI=1S/C30H40N4O4S/c1-2-3-4-26-21-33(24-13-17-38-18-14-24)30(37)34(26)25-11-15-32(16-12-25)20-22-5-10-28(31-19-22)39-27-8-6-23(7-9-27)29(35)36/h5-10,19,24-26H,2-4,11-18,20-21H2,1H3,(H,35,36). The number of nitrogens with zero attached hydrogens (tertiary/aromatic N) is 4. The molecule has 3 aliphatic heterocycles. The number of pyridine rings is 1. The van der Waals surface area contributed by atoms with Gasteiger partial charge in [-0.2, -0.15) is 0 Å². The van der Waals surface area contributed by atoms with Gasteiger partial charge in [-0.05, 0) is 68.0 Å². The molecule has 9 heteroatoms. The van der Waals surface area contributed by atoms with E-state index in [4.69, 9.17) is 9.84 Å². The molecular weight excluding hydrogens is 512 g/mol. The van der Waals surface area contributed by atoms with Gasteiger partial charge in [0.15, 0.2) is 0 Å². The maximum atomic E-state index is 13.6. The van der Waals surface area contributed by atoms with Crippen LogP contribution in [0.3, 0.4) is 0 Å². The highest BCUT2D eigenvalue weighted by atomic mass is 32.2. The SMILES string of the molecule is CCCCC1CN(C2CCOCC2)C(=O)N1C1CCN(Cc2ccc(Sc3ccc(C(=O)O)cc3)nc2)CC1. The zero-order chi connectivity index (χ0) is 27.2. The molecular formula is C30H40N4O4S. The summed E-state index contributed by atoms with van der Waals surface area (Å²) in [6.07, 6.45) is 9.33. The molecule has 0 bridgehead atoms. The summed E-state index contributed by atoms with van der Waals surface area (Å²) in [7, 11) is 0. The number of aromatic nitrogens is 1. The molecule has 1 aromatic heterocycles.